The minimum Gasteiger partial charge on any atom is -0.334 e. The number of carbonyl (C=O) groups excluding carboxylic acids is 1. The van der Waals surface area contributed by atoms with E-state index < -0.39 is 16.5 Å². The van der Waals surface area contributed by atoms with Gasteiger partial charge in [-0.05, 0) is 65.1 Å². The summed E-state index contributed by atoms with van der Waals surface area (Å²) in [5.74, 6) is -0.702. The maximum Gasteiger partial charge on any atom is 0.355 e. The van der Waals surface area contributed by atoms with Crippen molar-refractivity contribution in [3.63, 3.8) is 0 Å². The van der Waals surface area contributed by atoms with E-state index in [1.165, 1.54) is 6.07 Å². The van der Waals surface area contributed by atoms with Crippen LogP contribution in [0.15, 0.2) is 54.9 Å². The van der Waals surface area contributed by atoms with E-state index in [9.17, 15) is 14.9 Å². The summed E-state index contributed by atoms with van der Waals surface area (Å²) in [4.78, 5) is 30.9. The molecule has 0 saturated carbocycles. The molecule has 0 unspecified atom stereocenters. The molecule has 1 aromatic heterocycles. The Hall–Kier alpha value is -2.99. The summed E-state index contributed by atoms with van der Waals surface area (Å²) in [6, 6.07) is 13.5. The third-order valence-corrected chi connectivity index (χ3v) is 4.45. The number of benzene rings is 2. The normalized spacial score (nSPS) is 10.2. The lowest BCUT2D eigenvalue weighted by Gasteiger charge is -2.11. The topological polar surface area (TPSA) is 122 Å². The van der Waals surface area contributed by atoms with Crippen molar-refractivity contribution in [2.45, 2.75) is 0 Å². The lowest BCUT2D eigenvalue weighted by atomic mass is 10.2. The standard InChI is InChI=1S/C17H12ClIN6O3/c18-11-3-1-2-10(8-11)17(26)24-23-16-14(25(27)28)15(20-9-21-16)22-13-6-4-12(19)5-7-13/h1-9H,(H,24,26)(H2,20,21,22,23). The second-order valence-electron chi connectivity index (χ2n) is 5.40. The van der Waals surface area contributed by atoms with Crippen LogP contribution in [0.3, 0.4) is 0 Å². The average molecular weight is 511 g/mol. The minimum absolute atomic E-state index is 0.0132. The summed E-state index contributed by atoms with van der Waals surface area (Å²) in [5, 5.41) is 14.8. The van der Waals surface area contributed by atoms with Crippen LogP contribution in [0.4, 0.5) is 23.0 Å². The van der Waals surface area contributed by atoms with Crippen LogP contribution in [0.25, 0.3) is 0 Å². The first-order chi connectivity index (χ1) is 13.4. The third-order valence-electron chi connectivity index (χ3n) is 3.49. The van der Waals surface area contributed by atoms with Crippen LogP contribution < -0.4 is 16.2 Å². The maximum atomic E-state index is 12.2. The van der Waals surface area contributed by atoms with Gasteiger partial charge in [0.2, 0.25) is 11.6 Å². The number of hydrogen-bond donors (Lipinski definition) is 3. The zero-order valence-electron chi connectivity index (χ0n) is 14.0. The number of anilines is 3. The van der Waals surface area contributed by atoms with Gasteiger partial charge in [-0.3, -0.25) is 25.8 Å². The van der Waals surface area contributed by atoms with Gasteiger partial charge in [0, 0.05) is 19.8 Å². The number of halogens is 2. The van der Waals surface area contributed by atoms with Crippen molar-refractivity contribution in [1.29, 1.82) is 0 Å². The van der Waals surface area contributed by atoms with Gasteiger partial charge in [-0.2, -0.15) is 0 Å². The van der Waals surface area contributed by atoms with Gasteiger partial charge < -0.3 is 5.32 Å². The predicted octanol–water partition coefficient (Wildman–Crippen LogP) is 4.14. The van der Waals surface area contributed by atoms with Gasteiger partial charge in [-0.25, -0.2) is 9.97 Å². The number of nitro groups is 1. The SMILES string of the molecule is O=C(NNc1ncnc(Nc2ccc(I)cc2)c1[N+](=O)[O-])c1cccc(Cl)c1. The fraction of sp³-hybridized carbons (Fsp3) is 0. The van der Waals surface area contributed by atoms with E-state index in [1.54, 1.807) is 30.3 Å². The zero-order valence-corrected chi connectivity index (χ0v) is 16.9. The van der Waals surface area contributed by atoms with Crippen molar-refractivity contribution in [3.8, 4) is 0 Å². The van der Waals surface area contributed by atoms with Crippen LogP contribution in [-0.4, -0.2) is 20.8 Å². The van der Waals surface area contributed by atoms with E-state index in [1.807, 2.05) is 12.1 Å². The molecular weight excluding hydrogens is 499 g/mol. The molecule has 3 aromatic rings. The van der Waals surface area contributed by atoms with E-state index >= 15 is 0 Å². The molecule has 0 saturated heterocycles. The first-order valence-electron chi connectivity index (χ1n) is 7.78. The summed E-state index contributed by atoms with van der Waals surface area (Å²) in [6.07, 6.45) is 1.15. The molecule has 11 heteroatoms. The van der Waals surface area contributed by atoms with Crippen LogP contribution in [0, 0.1) is 13.7 Å². The van der Waals surface area contributed by atoms with Crippen LogP contribution in [-0.2, 0) is 0 Å². The number of hydrogen-bond acceptors (Lipinski definition) is 7. The molecule has 9 nitrogen and oxygen atoms in total. The molecule has 1 amide bonds. The maximum absolute atomic E-state index is 12.2. The van der Waals surface area contributed by atoms with Crippen molar-refractivity contribution in [3.05, 3.63) is 79.1 Å². The van der Waals surface area contributed by atoms with Crippen molar-refractivity contribution in [1.82, 2.24) is 15.4 Å². The van der Waals surface area contributed by atoms with Gasteiger partial charge in [0.15, 0.2) is 0 Å². The Balaban J connectivity index is 1.81. The third kappa shape index (κ3) is 4.84. The second kappa shape index (κ2) is 8.80. The predicted molar refractivity (Wildman–Crippen MR) is 114 cm³/mol. The zero-order chi connectivity index (χ0) is 20.1. The molecule has 0 aliphatic rings. The molecule has 28 heavy (non-hydrogen) atoms. The van der Waals surface area contributed by atoms with E-state index in [2.05, 4.69) is 48.7 Å². The van der Waals surface area contributed by atoms with Crippen LogP contribution >= 0.6 is 34.2 Å². The van der Waals surface area contributed by atoms with E-state index in [4.69, 9.17) is 11.6 Å². The Kier molecular flexibility index (Phi) is 6.21. The molecule has 0 spiro atoms. The van der Waals surface area contributed by atoms with Gasteiger partial charge in [-0.1, -0.05) is 17.7 Å². The molecule has 3 N–H and O–H groups in total. The Morgan fingerprint density at radius 3 is 2.50 bits per heavy atom. The molecule has 0 radical (unpaired) electrons. The number of hydrazine groups is 1. The Morgan fingerprint density at radius 2 is 1.82 bits per heavy atom. The van der Waals surface area contributed by atoms with Crippen molar-refractivity contribution >= 4 is 63.1 Å². The molecule has 0 aliphatic carbocycles. The van der Waals surface area contributed by atoms with Crippen molar-refractivity contribution < 1.29 is 9.72 Å². The van der Waals surface area contributed by atoms with Gasteiger partial charge in [0.25, 0.3) is 5.91 Å². The van der Waals surface area contributed by atoms with Gasteiger partial charge in [-0.15, -0.1) is 0 Å². The van der Waals surface area contributed by atoms with E-state index in [0.717, 1.165) is 9.90 Å². The summed E-state index contributed by atoms with van der Waals surface area (Å²) < 4.78 is 1.02. The highest BCUT2D eigenvalue weighted by Gasteiger charge is 2.23. The highest BCUT2D eigenvalue weighted by molar-refractivity contribution is 14.1. The molecule has 0 bridgehead atoms. The molecule has 0 aliphatic heterocycles. The smallest absolute Gasteiger partial charge is 0.334 e. The highest BCUT2D eigenvalue weighted by Crippen LogP contribution is 2.30. The molecule has 0 fully saturated rings. The first-order valence-corrected chi connectivity index (χ1v) is 9.23. The fourth-order valence-corrected chi connectivity index (χ4v) is 2.77. The lowest BCUT2D eigenvalue weighted by Crippen LogP contribution is -2.30. The highest BCUT2D eigenvalue weighted by atomic mass is 127. The summed E-state index contributed by atoms with van der Waals surface area (Å²) in [7, 11) is 0. The Morgan fingerprint density at radius 1 is 1.11 bits per heavy atom. The van der Waals surface area contributed by atoms with Gasteiger partial charge >= 0.3 is 5.69 Å². The summed E-state index contributed by atoms with van der Waals surface area (Å²) in [5.41, 5.74) is 5.33. The number of nitrogens with zero attached hydrogens (tertiary/aromatic N) is 3. The largest absolute Gasteiger partial charge is 0.355 e. The number of carbonyl (C=O) groups is 1. The van der Waals surface area contributed by atoms with E-state index in [-0.39, 0.29) is 17.2 Å². The van der Waals surface area contributed by atoms with Gasteiger partial charge in [0.05, 0.1) is 4.92 Å². The van der Waals surface area contributed by atoms with Crippen molar-refractivity contribution in [2.24, 2.45) is 0 Å². The quantitative estimate of drug-likeness (QED) is 0.259. The Bertz CT molecular complexity index is 1030. The summed E-state index contributed by atoms with van der Waals surface area (Å²) in [6.45, 7) is 0. The molecule has 142 valence electrons. The Labute approximate surface area is 177 Å². The lowest BCUT2D eigenvalue weighted by molar-refractivity contribution is -0.383. The van der Waals surface area contributed by atoms with Crippen LogP contribution in [0.5, 0.6) is 0 Å². The second-order valence-corrected chi connectivity index (χ2v) is 7.08. The fourth-order valence-electron chi connectivity index (χ4n) is 2.22. The monoisotopic (exact) mass is 510 g/mol. The molecule has 2 aromatic carbocycles. The number of nitrogens with one attached hydrogen (secondary N) is 3. The van der Waals surface area contributed by atoms with Gasteiger partial charge in [0.1, 0.15) is 6.33 Å². The number of amides is 1. The van der Waals surface area contributed by atoms with Crippen molar-refractivity contribution in [2.75, 3.05) is 10.7 Å². The molecular formula is C17H12ClIN6O3. The molecule has 0 atom stereocenters. The average Bonchev–Trinajstić information content (AvgIpc) is 2.67. The van der Waals surface area contributed by atoms with Crippen LogP contribution in [0.1, 0.15) is 10.4 Å². The molecule has 3 rings (SSSR count). The molecule has 1 heterocycles. The summed E-state index contributed by atoms with van der Waals surface area (Å²) >= 11 is 8.02. The van der Waals surface area contributed by atoms with E-state index in [0.29, 0.717) is 10.7 Å². The van der Waals surface area contributed by atoms with Crippen LogP contribution in [0.2, 0.25) is 5.02 Å². The first kappa shape index (κ1) is 19.8. The number of aromatic nitrogens is 2. The number of rotatable bonds is 6. The minimum atomic E-state index is -0.636.